The summed E-state index contributed by atoms with van der Waals surface area (Å²) in [5.74, 6) is -1.85. The molecular weight excluding hydrogens is 304 g/mol. The summed E-state index contributed by atoms with van der Waals surface area (Å²) in [7, 11) is 0. The van der Waals surface area contributed by atoms with Crippen LogP contribution in [-0.4, -0.2) is 41.7 Å². The summed E-state index contributed by atoms with van der Waals surface area (Å²) in [6.07, 6.45) is 1.39. The number of ether oxygens (including phenoxy) is 1. The zero-order valence-corrected chi connectivity index (χ0v) is 12.7. The highest BCUT2D eigenvalue weighted by Crippen LogP contribution is 2.32. The molecule has 0 saturated carbocycles. The van der Waals surface area contributed by atoms with Crippen molar-refractivity contribution < 1.29 is 24.4 Å². The van der Waals surface area contributed by atoms with Crippen molar-refractivity contribution in [3.8, 4) is 0 Å². The maximum atomic E-state index is 11.9. The molecule has 0 amide bonds. The van der Waals surface area contributed by atoms with Gasteiger partial charge in [-0.3, -0.25) is 14.9 Å². The Morgan fingerprint density at radius 3 is 2.83 bits per heavy atom. The van der Waals surface area contributed by atoms with E-state index in [-0.39, 0.29) is 23.1 Å². The first-order valence-electron chi connectivity index (χ1n) is 7.37. The van der Waals surface area contributed by atoms with Crippen LogP contribution in [0.3, 0.4) is 0 Å². The predicted octanol–water partition coefficient (Wildman–Crippen LogP) is 2.07. The fourth-order valence-electron chi connectivity index (χ4n) is 2.72. The molecule has 2 rings (SSSR count). The highest BCUT2D eigenvalue weighted by atomic mass is 16.6. The molecule has 0 aromatic heterocycles. The summed E-state index contributed by atoms with van der Waals surface area (Å²) in [6.45, 7) is 2.92. The number of nitro benzene ring substituents is 1. The normalized spacial score (nSPS) is 17.6. The Balaban J connectivity index is 2.28. The molecule has 0 radical (unpaired) electrons. The molecule has 23 heavy (non-hydrogen) atoms. The van der Waals surface area contributed by atoms with Gasteiger partial charge in [0, 0.05) is 19.2 Å². The van der Waals surface area contributed by atoms with Crippen molar-refractivity contribution >= 4 is 23.3 Å². The average molecular weight is 322 g/mol. The van der Waals surface area contributed by atoms with Crippen LogP contribution in [0.25, 0.3) is 0 Å². The Kier molecular flexibility index (Phi) is 5.15. The maximum absolute atomic E-state index is 11.9. The van der Waals surface area contributed by atoms with Crippen molar-refractivity contribution in [2.75, 3.05) is 24.6 Å². The first-order chi connectivity index (χ1) is 10.9. The number of carbonyl (C=O) groups is 2. The van der Waals surface area contributed by atoms with Gasteiger partial charge >= 0.3 is 11.9 Å². The van der Waals surface area contributed by atoms with Crippen molar-refractivity contribution in [3.63, 3.8) is 0 Å². The Bertz CT molecular complexity index is 630. The standard InChI is InChI=1S/C15H18N2O6/c1-2-23-15(20)11-4-3-7-16(9-11)12-6-5-10(14(18)19)8-13(12)17(21)22/h5-6,8,11H,2-4,7,9H2,1H3,(H,18,19). The van der Waals surface area contributed by atoms with Gasteiger partial charge in [0.05, 0.1) is 23.0 Å². The first-order valence-corrected chi connectivity index (χ1v) is 7.37. The van der Waals surface area contributed by atoms with Gasteiger partial charge in [-0.25, -0.2) is 4.79 Å². The van der Waals surface area contributed by atoms with Gasteiger partial charge < -0.3 is 14.7 Å². The quantitative estimate of drug-likeness (QED) is 0.502. The van der Waals surface area contributed by atoms with Crippen LogP contribution in [0.2, 0.25) is 0 Å². The third kappa shape index (κ3) is 3.77. The van der Waals surface area contributed by atoms with E-state index in [1.165, 1.54) is 12.1 Å². The largest absolute Gasteiger partial charge is 0.478 e. The first kappa shape index (κ1) is 16.7. The second-order valence-electron chi connectivity index (χ2n) is 5.30. The lowest BCUT2D eigenvalue weighted by molar-refractivity contribution is -0.384. The number of benzene rings is 1. The van der Waals surface area contributed by atoms with Gasteiger partial charge in [-0.1, -0.05) is 0 Å². The lowest BCUT2D eigenvalue weighted by Gasteiger charge is -2.32. The number of esters is 1. The summed E-state index contributed by atoms with van der Waals surface area (Å²) in [6, 6.07) is 3.80. The monoisotopic (exact) mass is 322 g/mol. The average Bonchev–Trinajstić information content (AvgIpc) is 2.54. The van der Waals surface area contributed by atoms with Gasteiger partial charge in [-0.05, 0) is 31.9 Å². The Morgan fingerprint density at radius 2 is 2.22 bits per heavy atom. The molecule has 1 saturated heterocycles. The number of hydrogen-bond donors (Lipinski definition) is 1. The molecule has 8 nitrogen and oxygen atoms in total. The molecule has 1 aromatic rings. The number of carboxylic acids is 1. The fourth-order valence-corrected chi connectivity index (χ4v) is 2.72. The molecule has 1 atom stereocenters. The van der Waals surface area contributed by atoms with Gasteiger partial charge in [0.25, 0.3) is 5.69 Å². The number of hydrogen-bond acceptors (Lipinski definition) is 6. The highest BCUT2D eigenvalue weighted by molar-refractivity contribution is 5.90. The van der Waals surface area contributed by atoms with Crippen LogP contribution in [0.5, 0.6) is 0 Å². The second kappa shape index (κ2) is 7.08. The smallest absolute Gasteiger partial charge is 0.335 e. The summed E-state index contributed by atoms with van der Waals surface area (Å²) >= 11 is 0. The summed E-state index contributed by atoms with van der Waals surface area (Å²) in [5, 5.41) is 20.2. The fraction of sp³-hybridized carbons (Fsp3) is 0.467. The molecule has 1 aliphatic rings. The lowest BCUT2D eigenvalue weighted by atomic mass is 9.97. The number of aromatic carboxylic acids is 1. The Hall–Kier alpha value is -2.64. The van der Waals surface area contributed by atoms with Crippen LogP contribution < -0.4 is 4.90 Å². The van der Waals surface area contributed by atoms with E-state index in [1.807, 2.05) is 0 Å². The SMILES string of the molecule is CCOC(=O)C1CCCN(c2ccc(C(=O)O)cc2[N+](=O)[O-])C1. The van der Waals surface area contributed by atoms with E-state index >= 15 is 0 Å². The van der Waals surface area contributed by atoms with Gasteiger partial charge in [0.15, 0.2) is 0 Å². The zero-order valence-electron chi connectivity index (χ0n) is 12.7. The van der Waals surface area contributed by atoms with E-state index in [0.717, 1.165) is 6.07 Å². The van der Waals surface area contributed by atoms with Gasteiger partial charge in [0.2, 0.25) is 0 Å². The maximum Gasteiger partial charge on any atom is 0.335 e. The van der Waals surface area contributed by atoms with Crippen molar-refractivity contribution in [1.29, 1.82) is 0 Å². The topological polar surface area (TPSA) is 110 Å². The van der Waals surface area contributed by atoms with Crippen LogP contribution in [0.1, 0.15) is 30.1 Å². The molecule has 0 aliphatic carbocycles. The third-order valence-corrected chi connectivity index (χ3v) is 3.80. The predicted molar refractivity (Wildman–Crippen MR) is 81.6 cm³/mol. The highest BCUT2D eigenvalue weighted by Gasteiger charge is 2.30. The number of nitrogens with zero attached hydrogens (tertiary/aromatic N) is 2. The Labute approximate surface area is 132 Å². The minimum atomic E-state index is -1.22. The van der Waals surface area contributed by atoms with E-state index in [9.17, 15) is 19.7 Å². The molecule has 1 unspecified atom stereocenters. The molecule has 1 fully saturated rings. The van der Waals surface area contributed by atoms with Crippen LogP contribution in [-0.2, 0) is 9.53 Å². The van der Waals surface area contributed by atoms with Crippen LogP contribution in [0.15, 0.2) is 18.2 Å². The molecule has 0 bridgehead atoms. The van der Waals surface area contributed by atoms with Crippen LogP contribution in [0, 0.1) is 16.0 Å². The molecule has 1 N–H and O–H groups in total. The molecule has 1 heterocycles. The van der Waals surface area contributed by atoms with E-state index in [1.54, 1.807) is 11.8 Å². The molecule has 8 heteroatoms. The third-order valence-electron chi connectivity index (χ3n) is 3.80. The number of carboxylic acid groups (broad SMARTS) is 1. The summed E-state index contributed by atoms with van der Waals surface area (Å²) in [5.41, 5.74) is -0.0807. The van der Waals surface area contributed by atoms with E-state index in [2.05, 4.69) is 0 Å². The molecule has 1 aromatic carbocycles. The zero-order chi connectivity index (χ0) is 17.0. The number of nitro groups is 1. The molecule has 1 aliphatic heterocycles. The van der Waals surface area contributed by atoms with E-state index in [0.29, 0.717) is 38.2 Å². The number of rotatable bonds is 5. The van der Waals surface area contributed by atoms with E-state index < -0.39 is 10.9 Å². The van der Waals surface area contributed by atoms with Crippen molar-refractivity contribution in [2.45, 2.75) is 19.8 Å². The van der Waals surface area contributed by atoms with Crippen molar-refractivity contribution in [1.82, 2.24) is 0 Å². The van der Waals surface area contributed by atoms with Crippen molar-refractivity contribution in [3.05, 3.63) is 33.9 Å². The Morgan fingerprint density at radius 1 is 1.48 bits per heavy atom. The summed E-state index contributed by atoms with van der Waals surface area (Å²) in [4.78, 5) is 35.3. The minimum absolute atomic E-state index is 0.139. The number of anilines is 1. The number of carbonyl (C=O) groups excluding carboxylic acids is 1. The van der Waals surface area contributed by atoms with Crippen LogP contribution in [0.4, 0.5) is 11.4 Å². The van der Waals surface area contributed by atoms with E-state index in [4.69, 9.17) is 9.84 Å². The summed E-state index contributed by atoms with van der Waals surface area (Å²) < 4.78 is 5.02. The minimum Gasteiger partial charge on any atom is -0.478 e. The lowest BCUT2D eigenvalue weighted by Crippen LogP contribution is -2.39. The van der Waals surface area contributed by atoms with Gasteiger partial charge in [-0.2, -0.15) is 0 Å². The van der Waals surface area contributed by atoms with Gasteiger partial charge in [0.1, 0.15) is 5.69 Å². The molecular formula is C15H18N2O6. The molecule has 0 spiro atoms. The van der Waals surface area contributed by atoms with Gasteiger partial charge in [-0.15, -0.1) is 0 Å². The van der Waals surface area contributed by atoms with Crippen molar-refractivity contribution in [2.24, 2.45) is 5.92 Å². The molecule has 124 valence electrons. The number of piperidine rings is 1. The van der Waals surface area contributed by atoms with Crippen LogP contribution >= 0.6 is 0 Å². The second-order valence-corrected chi connectivity index (χ2v) is 5.30.